The summed E-state index contributed by atoms with van der Waals surface area (Å²) in [5, 5.41) is 6.79. The molecule has 1 saturated carbocycles. The van der Waals surface area contributed by atoms with Crippen molar-refractivity contribution in [3.05, 3.63) is 113 Å². The van der Waals surface area contributed by atoms with Gasteiger partial charge in [-0.15, -0.1) is 0 Å². The van der Waals surface area contributed by atoms with Crippen LogP contribution in [0.4, 0.5) is 5.69 Å². The molecule has 3 aromatic carbocycles. The number of benzene rings is 3. The van der Waals surface area contributed by atoms with Crippen LogP contribution < -0.4 is 15.0 Å². The lowest BCUT2D eigenvalue weighted by atomic mass is 9.63. The van der Waals surface area contributed by atoms with Gasteiger partial charge in [0.25, 0.3) is 16.0 Å². The van der Waals surface area contributed by atoms with E-state index in [-0.39, 0.29) is 17.4 Å². The van der Waals surface area contributed by atoms with Gasteiger partial charge in [-0.25, -0.2) is 0 Å². The van der Waals surface area contributed by atoms with Crippen LogP contribution in [0.5, 0.6) is 5.75 Å². The second-order valence-corrected chi connectivity index (χ2v) is 13.8. The molecule has 47 heavy (non-hydrogen) atoms. The zero-order valence-electron chi connectivity index (χ0n) is 26.5. The summed E-state index contributed by atoms with van der Waals surface area (Å²) in [6, 6.07) is 18.9. The molecule has 1 aliphatic carbocycles. The van der Waals surface area contributed by atoms with Crippen molar-refractivity contribution in [2.45, 2.75) is 45.6 Å². The molecule has 0 saturated heterocycles. The van der Waals surface area contributed by atoms with Gasteiger partial charge >= 0.3 is 0 Å². The largest absolute Gasteiger partial charge is 0.493 e. The van der Waals surface area contributed by atoms with E-state index in [0.717, 1.165) is 45.7 Å². The fourth-order valence-corrected chi connectivity index (χ4v) is 6.88. The second kappa shape index (κ2) is 13.2. The Balaban J connectivity index is 1.17. The molecule has 2 unspecified atom stereocenters. The molecule has 0 spiro atoms. The van der Waals surface area contributed by atoms with Crippen LogP contribution in [-0.2, 0) is 21.5 Å². The van der Waals surface area contributed by atoms with Crippen LogP contribution in [0, 0.1) is 19.8 Å². The first-order valence-corrected chi connectivity index (χ1v) is 17.2. The highest BCUT2D eigenvalue weighted by Gasteiger charge is 2.44. The summed E-state index contributed by atoms with van der Waals surface area (Å²) in [5.41, 5.74) is 8.48. The van der Waals surface area contributed by atoms with Crippen LogP contribution >= 0.6 is 0 Å². The van der Waals surface area contributed by atoms with E-state index in [0.29, 0.717) is 38.5 Å². The number of rotatable bonds is 11. The van der Waals surface area contributed by atoms with Crippen molar-refractivity contribution in [1.82, 2.24) is 15.1 Å². The molecule has 1 fully saturated rings. The predicted molar refractivity (Wildman–Crippen MR) is 180 cm³/mol. The first-order valence-electron chi connectivity index (χ1n) is 15.6. The zero-order valence-corrected chi connectivity index (χ0v) is 27.3. The lowest BCUT2D eigenvalue weighted by Gasteiger charge is -2.48. The quantitative estimate of drug-likeness (QED) is 0.121. The molecule has 2 amide bonds. The molecule has 1 aromatic heterocycles. The number of aryl methyl sites for hydroxylation is 1. The topological polar surface area (TPSA) is 131 Å². The van der Waals surface area contributed by atoms with Crippen molar-refractivity contribution in [2.24, 2.45) is 5.92 Å². The molecular weight excluding hydrogens is 616 g/mol. The van der Waals surface area contributed by atoms with E-state index < -0.39 is 21.9 Å². The third kappa shape index (κ3) is 7.01. The molecular formula is C36H38N4O6S. The number of aromatic nitrogens is 2. The van der Waals surface area contributed by atoms with Crippen molar-refractivity contribution < 1.29 is 27.3 Å². The van der Waals surface area contributed by atoms with Crippen molar-refractivity contribution >= 4 is 27.6 Å². The fourth-order valence-electron chi connectivity index (χ4n) is 6.57. The minimum absolute atomic E-state index is 0.0835. The number of allylic oxidation sites excluding steroid dienone is 1. The Morgan fingerprint density at radius 2 is 1.89 bits per heavy atom. The first kappa shape index (κ1) is 32.2. The van der Waals surface area contributed by atoms with Crippen molar-refractivity contribution in [3.8, 4) is 16.9 Å². The van der Waals surface area contributed by atoms with Crippen LogP contribution in [0.15, 0.2) is 85.2 Å². The number of ether oxygens (including phenoxy) is 1. The van der Waals surface area contributed by atoms with E-state index in [4.69, 9.17) is 9.29 Å². The maximum atomic E-state index is 13.6. The standard InChI is InChI=1S/C36H38N4O6S/c1-23-8-4-13-32(25(23)3)46-15-7-14-33(41)40-21-28-16-24(2)34(28)35-30(11-6-12-31(35)40)29-18-38-39(20-29)19-26-9-5-10-27(17-26)36(42)37-22-47(43,44)45/h4-6,8-13,17-18,20,28,34H,2,7,14-16,19,21-22H2,1,3H3,(H,37,42)(H,43,44,45). The van der Waals surface area contributed by atoms with E-state index in [2.05, 4.69) is 36.1 Å². The number of carbonyl (C=O) groups is 2. The monoisotopic (exact) mass is 654 g/mol. The first-order chi connectivity index (χ1) is 22.5. The Morgan fingerprint density at radius 3 is 2.68 bits per heavy atom. The number of carbonyl (C=O) groups excluding carboxylic acids is 2. The molecule has 10 nitrogen and oxygen atoms in total. The van der Waals surface area contributed by atoms with E-state index >= 15 is 0 Å². The van der Waals surface area contributed by atoms with E-state index in [1.165, 1.54) is 11.1 Å². The molecule has 2 aliphatic rings. The lowest BCUT2D eigenvalue weighted by molar-refractivity contribution is -0.119. The molecule has 2 N–H and O–H groups in total. The van der Waals surface area contributed by atoms with E-state index in [1.54, 1.807) is 29.1 Å². The van der Waals surface area contributed by atoms with Gasteiger partial charge in [0.15, 0.2) is 0 Å². The Kier molecular flexibility index (Phi) is 9.03. The SMILES string of the molecule is C=C1CC2CN(C(=O)CCCOc3cccc(C)c3C)c3cccc(-c4cnn(Cc5cccc(C(=O)NCS(=O)(=O)O)c5)c4)c3C12. The van der Waals surface area contributed by atoms with Crippen LogP contribution in [-0.4, -0.2) is 53.6 Å². The summed E-state index contributed by atoms with van der Waals surface area (Å²) in [6.07, 6.45) is 5.65. The highest BCUT2D eigenvalue weighted by molar-refractivity contribution is 7.85. The average molecular weight is 655 g/mol. The predicted octanol–water partition coefficient (Wildman–Crippen LogP) is 5.66. The average Bonchev–Trinajstić information content (AvgIpc) is 3.50. The van der Waals surface area contributed by atoms with Crippen LogP contribution in [0.1, 0.15) is 57.8 Å². The molecule has 11 heteroatoms. The Bertz CT molecular complexity index is 1970. The summed E-state index contributed by atoms with van der Waals surface area (Å²) >= 11 is 0. The second-order valence-electron chi connectivity index (χ2n) is 12.4. The molecule has 1 aliphatic heterocycles. The van der Waals surface area contributed by atoms with Gasteiger partial charge in [-0.05, 0) is 84.7 Å². The summed E-state index contributed by atoms with van der Waals surface area (Å²) in [7, 11) is -4.33. The summed E-state index contributed by atoms with van der Waals surface area (Å²) < 4.78 is 38.7. The van der Waals surface area contributed by atoms with Crippen molar-refractivity contribution in [1.29, 1.82) is 0 Å². The lowest BCUT2D eigenvalue weighted by Crippen LogP contribution is -2.46. The Labute approximate surface area is 274 Å². The third-order valence-corrected chi connectivity index (χ3v) is 9.59. The molecule has 244 valence electrons. The molecule has 6 rings (SSSR count). The number of hydrogen-bond donors (Lipinski definition) is 2. The number of amides is 2. The van der Waals surface area contributed by atoms with Crippen LogP contribution in [0.2, 0.25) is 0 Å². The van der Waals surface area contributed by atoms with Gasteiger partial charge in [0.1, 0.15) is 11.6 Å². The molecule has 4 aromatic rings. The van der Waals surface area contributed by atoms with Crippen LogP contribution in [0.25, 0.3) is 11.1 Å². The van der Waals surface area contributed by atoms with Gasteiger partial charge in [-0.3, -0.25) is 18.8 Å². The van der Waals surface area contributed by atoms with Gasteiger partial charge in [0.2, 0.25) is 5.91 Å². The number of anilines is 1. The molecule has 2 heterocycles. The summed E-state index contributed by atoms with van der Waals surface area (Å²) in [6.45, 7) is 9.96. The normalized spacial score (nSPS) is 17.0. The number of fused-ring (bicyclic) bond motifs is 3. The minimum atomic E-state index is -4.33. The van der Waals surface area contributed by atoms with Crippen molar-refractivity contribution in [3.63, 3.8) is 0 Å². The fraction of sp³-hybridized carbons (Fsp3) is 0.306. The number of nitrogens with zero attached hydrogens (tertiary/aromatic N) is 3. The van der Waals surface area contributed by atoms with Gasteiger partial charge in [-0.1, -0.05) is 48.6 Å². The summed E-state index contributed by atoms with van der Waals surface area (Å²) in [4.78, 5) is 28.0. The van der Waals surface area contributed by atoms with Gasteiger partial charge < -0.3 is 15.0 Å². The zero-order chi connectivity index (χ0) is 33.3. The van der Waals surface area contributed by atoms with Crippen molar-refractivity contribution in [2.75, 3.05) is 23.9 Å². The van der Waals surface area contributed by atoms with Crippen LogP contribution in [0.3, 0.4) is 0 Å². The summed E-state index contributed by atoms with van der Waals surface area (Å²) in [5.74, 6) is -0.0322. The van der Waals surface area contributed by atoms with Gasteiger partial charge in [0, 0.05) is 41.9 Å². The Morgan fingerprint density at radius 1 is 1.11 bits per heavy atom. The molecule has 2 atom stereocenters. The smallest absolute Gasteiger partial charge is 0.283 e. The minimum Gasteiger partial charge on any atom is -0.493 e. The maximum absolute atomic E-state index is 13.6. The van der Waals surface area contributed by atoms with E-state index in [1.807, 2.05) is 48.4 Å². The maximum Gasteiger partial charge on any atom is 0.283 e. The van der Waals surface area contributed by atoms with Gasteiger partial charge in [0.05, 0.1) is 19.3 Å². The van der Waals surface area contributed by atoms with Gasteiger partial charge in [-0.2, -0.15) is 13.5 Å². The highest BCUT2D eigenvalue weighted by Crippen LogP contribution is 2.55. The highest BCUT2D eigenvalue weighted by atomic mass is 32.2. The Hall–Kier alpha value is -4.74. The number of nitrogens with one attached hydrogen (secondary N) is 1. The molecule has 0 bridgehead atoms. The third-order valence-electron chi connectivity index (χ3n) is 9.08. The van der Waals surface area contributed by atoms with E-state index in [9.17, 15) is 18.0 Å². The number of hydrogen-bond acceptors (Lipinski definition) is 6. The molecule has 0 radical (unpaired) electrons.